The topological polar surface area (TPSA) is 75.3 Å². The predicted octanol–water partition coefficient (Wildman–Crippen LogP) is 3.94. The van der Waals surface area contributed by atoms with Gasteiger partial charge in [-0.1, -0.05) is 31.9 Å². The van der Waals surface area contributed by atoms with E-state index in [4.69, 9.17) is 0 Å². The maximum Gasteiger partial charge on any atom is 0.261 e. The van der Waals surface area contributed by atoms with Crippen LogP contribution in [-0.4, -0.2) is 20.4 Å². The van der Waals surface area contributed by atoms with Gasteiger partial charge in [-0.25, -0.2) is 12.8 Å². The van der Waals surface area contributed by atoms with E-state index in [0.717, 1.165) is 19.3 Å². The Kier molecular flexibility index (Phi) is 5.79. The lowest BCUT2D eigenvalue weighted by Crippen LogP contribution is -2.41. The van der Waals surface area contributed by atoms with Gasteiger partial charge >= 0.3 is 0 Å². The van der Waals surface area contributed by atoms with Crippen molar-refractivity contribution in [1.82, 2.24) is 5.32 Å². The number of benzene rings is 2. The van der Waals surface area contributed by atoms with Crippen LogP contribution in [0.4, 0.5) is 10.1 Å². The number of nitrogens with one attached hydrogen (secondary N) is 2. The molecule has 0 spiro atoms. The summed E-state index contributed by atoms with van der Waals surface area (Å²) in [6.07, 6.45) is 4.36. The summed E-state index contributed by atoms with van der Waals surface area (Å²) in [5.41, 5.74) is 0.281. The van der Waals surface area contributed by atoms with E-state index in [0.29, 0.717) is 11.5 Å². The van der Waals surface area contributed by atoms with Gasteiger partial charge < -0.3 is 5.32 Å². The number of anilines is 1. The van der Waals surface area contributed by atoms with Gasteiger partial charge in [0.15, 0.2) is 0 Å². The van der Waals surface area contributed by atoms with E-state index < -0.39 is 15.8 Å². The number of para-hydroxylation sites is 1. The summed E-state index contributed by atoms with van der Waals surface area (Å²) >= 11 is 0. The Morgan fingerprint density at radius 3 is 2.37 bits per heavy atom. The van der Waals surface area contributed by atoms with E-state index in [1.807, 2.05) is 0 Å². The van der Waals surface area contributed by atoms with Crippen molar-refractivity contribution in [3.8, 4) is 0 Å². The highest BCUT2D eigenvalue weighted by atomic mass is 32.2. The van der Waals surface area contributed by atoms with Crippen molar-refractivity contribution in [2.75, 3.05) is 4.72 Å². The number of sulfonamides is 1. The van der Waals surface area contributed by atoms with Crippen LogP contribution in [0, 0.1) is 11.7 Å². The normalized spacial score (nSPS) is 20.1. The summed E-state index contributed by atoms with van der Waals surface area (Å²) in [4.78, 5) is 12.4. The Hall–Kier alpha value is -2.41. The minimum Gasteiger partial charge on any atom is -0.349 e. The lowest BCUT2D eigenvalue weighted by Gasteiger charge is -2.29. The first-order valence-corrected chi connectivity index (χ1v) is 10.5. The molecule has 0 aliphatic heterocycles. The van der Waals surface area contributed by atoms with Gasteiger partial charge in [0.1, 0.15) is 5.82 Å². The highest BCUT2D eigenvalue weighted by Crippen LogP contribution is 2.24. The zero-order valence-corrected chi connectivity index (χ0v) is 15.9. The first kappa shape index (κ1) is 19.4. The molecule has 0 unspecified atom stereocenters. The molecule has 144 valence electrons. The molecular weight excluding hydrogens is 367 g/mol. The number of carbonyl (C=O) groups is 1. The van der Waals surface area contributed by atoms with Gasteiger partial charge in [-0.05, 0) is 55.2 Å². The maximum absolute atomic E-state index is 13.7. The minimum absolute atomic E-state index is 0.0339. The number of hydrogen-bond donors (Lipinski definition) is 2. The molecule has 0 heterocycles. The van der Waals surface area contributed by atoms with Crippen LogP contribution in [0.2, 0.25) is 0 Å². The summed E-state index contributed by atoms with van der Waals surface area (Å²) in [6.45, 7) is 2.13. The second kappa shape index (κ2) is 8.08. The Morgan fingerprint density at radius 1 is 1.04 bits per heavy atom. The number of hydrogen-bond acceptors (Lipinski definition) is 3. The molecule has 0 aromatic heterocycles. The fourth-order valence-electron chi connectivity index (χ4n) is 3.32. The summed E-state index contributed by atoms with van der Waals surface area (Å²) < 4.78 is 40.7. The van der Waals surface area contributed by atoms with E-state index in [9.17, 15) is 17.6 Å². The van der Waals surface area contributed by atoms with Crippen LogP contribution in [0.3, 0.4) is 0 Å². The molecule has 1 aliphatic carbocycles. The molecule has 1 amide bonds. The first-order chi connectivity index (χ1) is 12.9. The third-order valence-electron chi connectivity index (χ3n) is 4.97. The van der Waals surface area contributed by atoms with Crippen LogP contribution < -0.4 is 10.0 Å². The minimum atomic E-state index is -3.94. The average Bonchev–Trinajstić information content (AvgIpc) is 2.65. The monoisotopic (exact) mass is 390 g/mol. The number of carbonyl (C=O) groups excluding carboxylic acids is 1. The van der Waals surface area contributed by atoms with Crippen LogP contribution >= 0.6 is 0 Å². The molecule has 7 heteroatoms. The van der Waals surface area contributed by atoms with Crippen LogP contribution in [0.5, 0.6) is 0 Å². The van der Waals surface area contributed by atoms with Crippen LogP contribution in [-0.2, 0) is 10.0 Å². The van der Waals surface area contributed by atoms with Crippen molar-refractivity contribution in [1.29, 1.82) is 0 Å². The van der Waals surface area contributed by atoms with Gasteiger partial charge in [-0.2, -0.15) is 0 Å². The highest BCUT2D eigenvalue weighted by molar-refractivity contribution is 7.92. The zero-order valence-electron chi connectivity index (χ0n) is 15.1. The quantitative estimate of drug-likeness (QED) is 0.812. The molecule has 1 saturated carbocycles. The van der Waals surface area contributed by atoms with Gasteiger partial charge in [0.2, 0.25) is 0 Å². The van der Waals surface area contributed by atoms with E-state index in [1.54, 1.807) is 6.07 Å². The summed E-state index contributed by atoms with van der Waals surface area (Å²) in [6, 6.07) is 11.3. The lowest BCUT2D eigenvalue weighted by atomic mass is 9.86. The number of rotatable bonds is 5. The second-order valence-electron chi connectivity index (χ2n) is 6.95. The van der Waals surface area contributed by atoms with Crippen LogP contribution in [0.15, 0.2) is 53.4 Å². The Balaban J connectivity index is 1.70. The molecule has 0 radical (unpaired) electrons. The fraction of sp³-hybridized carbons (Fsp3) is 0.350. The Labute approximate surface area is 159 Å². The SMILES string of the molecule is C[C@@H]1CCCC[C@@H]1NC(=O)c1ccc(S(=O)(=O)Nc2ccccc2F)cc1. The van der Waals surface area contributed by atoms with Crippen molar-refractivity contribution in [2.45, 2.75) is 43.5 Å². The van der Waals surface area contributed by atoms with Crippen molar-refractivity contribution in [2.24, 2.45) is 5.92 Å². The molecule has 2 atom stereocenters. The fourth-order valence-corrected chi connectivity index (χ4v) is 4.38. The third kappa shape index (κ3) is 4.66. The van der Waals surface area contributed by atoms with Crippen molar-refractivity contribution in [3.05, 3.63) is 59.9 Å². The highest BCUT2D eigenvalue weighted by Gasteiger charge is 2.23. The van der Waals surface area contributed by atoms with Crippen molar-refractivity contribution in [3.63, 3.8) is 0 Å². The third-order valence-corrected chi connectivity index (χ3v) is 6.35. The summed E-state index contributed by atoms with van der Waals surface area (Å²) in [7, 11) is -3.94. The second-order valence-corrected chi connectivity index (χ2v) is 8.63. The van der Waals surface area contributed by atoms with Gasteiger partial charge in [-0.3, -0.25) is 9.52 Å². The molecule has 3 rings (SSSR count). The first-order valence-electron chi connectivity index (χ1n) is 9.05. The molecule has 2 N–H and O–H groups in total. The van der Waals surface area contributed by atoms with E-state index in [-0.39, 0.29) is 22.5 Å². The Bertz CT molecular complexity index is 913. The molecular formula is C20H23FN2O3S. The van der Waals surface area contributed by atoms with Gasteiger partial charge in [-0.15, -0.1) is 0 Å². The summed E-state index contributed by atoms with van der Waals surface area (Å²) in [5, 5.41) is 3.04. The van der Waals surface area contributed by atoms with Crippen LogP contribution in [0.25, 0.3) is 0 Å². The molecule has 2 aromatic rings. The lowest BCUT2D eigenvalue weighted by molar-refractivity contribution is 0.0910. The van der Waals surface area contributed by atoms with Crippen molar-refractivity contribution >= 4 is 21.6 Å². The zero-order chi connectivity index (χ0) is 19.4. The smallest absolute Gasteiger partial charge is 0.261 e. The molecule has 1 fully saturated rings. The van der Waals surface area contributed by atoms with Crippen LogP contribution in [0.1, 0.15) is 43.0 Å². The molecule has 27 heavy (non-hydrogen) atoms. The molecule has 0 saturated heterocycles. The molecule has 0 bridgehead atoms. The largest absolute Gasteiger partial charge is 0.349 e. The molecule has 1 aliphatic rings. The number of amides is 1. The number of halogens is 1. The Morgan fingerprint density at radius 2 is 1.70 bits per heavy atom. The van der Waals surface area contributed by atoms with Gasteiger partial charge in [0.05, 0.1) is 10.6 Å². The predicted molar refractivity (Wildman–Crippen MR) is 103 cm³/mol. The van der Waals surface area contributed by atoms with Gasteiger partial charge in [0.25, 0.3) is 15.9 Å². The van der Waals surface area contributed by atoms with Gasteiger partial charge in [0, 0.05) is 11.6 Å². The van der Waals surface area contributed by atoms with E-state index >= 15 is 0 Å². The standard InChI is InChI=1S/C20H23FN2O3S/c1-14-6-2-4-8-18(14)22-20(24)15-10-12-16(13-11-15)27(25,26)23-19-9-5-3-7-17(19)21/h3,5,7,9-14,18,23H,2,4,6,8H2,1H3,(H,22,24)/t14-,18+/m1/s1. The molecule has 2 aromatic carbocycles. The van der Waals surface area contributed by atoms with E-state index in [2.05, 4.69) is 17.0 Å². The van der Waals surface area contributed by atoms with E-state index in [1.165, 1.54) is 48.9 Å². The maximum atomic E-state index is 13.7. The molecule has 5 nitrogen and oxygen atoms in total. The summed E-state index contributed by atoms with van der Waals surface area (Å²) in [5.74, 6) is -0.425. The average molecular weight is 390 g/mol. The van der Waals surface area contributed by atoms with Crippen molar-refractivity contribution < 1.29 is 17.6 Å².